The Morgan fingerprint density at radius 3 is 2.19 bits per heavy atom. The first-order valence-corrected chi connectivity index (χ1v) is 13.0. The Balaban J connectivity index is 1.53. The lowest BCUT2D eigenvalue weighted by Crippen LogP contribution is -2.36. The van der Waals surface area contributed by atoms with Crippen LogP contribution in [0, 0.1) is 5.53 Å². The number of nitrogens with zero attached hydrogens (tertiary/aromatic N) is 4. The van der Waals surface area contributed by atoms with Gasteiger partial charge in [0.05, 0.1) is 6.54 Å². The first-order valence-electron chi connectivity index (χ1n) is 13.0. The van der Waals surface area contributed by atoms with Crippen LogP contribution in [0.25, 0.3) is 0 Å². The van der Waals surface area contributed by atoms with Gasteiger partial charge < -0.3 is 20.7 Å². The third-order valence-electron chi connectivity index (χ3n) is 6.42. The molecule has 0 bridgehead atoms. The first kappa shape index (κ1) is 29.8. The quantitative estimate of drug-likeness (QED) is 0.115. The number of alkyl halides is 3. The number of rotatable bonds is 8. The van der Waals surface area contributed by atoms with E-state index in [0.717, 1.165) is 43.8 Å². The zero-order chi connectivity index (χ0) is 30.1. The maximum atomic E-state index is 13.5. The maximum Gasteiger partial charge on any atom is 0.573 e. The minimum atomic E-state index is -4.82. The van der Waals surface area contributed by atoms with Crippen molar-refractivity contribution in [3.8, 4) is 5.75 Å². The van der Waals surface area contributed by atoms with Gasteiger partial charge in [-0.1, -0.05) is 17.2 Å². The van der Waals surface area contributed by atoms with Crippen LogP contribution in [0.4, 0.5) is 35.0 Å². The first-order chi connectivity index (χ1) is 20.1. The van der Waals surface area contributed by atoms with E-state index in [2.05, 4.69) is 30.6 Å². The lowest BCUT2D eigenvalue weighted by atomic mass is 10.1. The van der Waals surface area contributed by atoms with E-state index in [1.807, 2.05) is 24.3 Å². The Morgan fingerprint density at radius 2 is 1.60 bits per heavy atom. The van der Waals surface area contributed by atoms with E-state index in [1.54, 1.807) is 24.3 Å². The fraction of sp³-hybridized carbons (Fsp3) is 0.250. The van der Waals surface area contributed by atoms with E-state index in [-0.39, 0.29) is 23.8 Å². The molecule has 0 aromatic heterocycles. The molecule has 4 rings (SSSR count). The highest BCUT2D eigenvalue weighted by molar-refractivity contribution is 6.05. The number of guanidine groups is 1. The summed E-state index contributed by atoms with van der Waals surface area (Å²) >= 11 is 0. The standard InChI is InChI=1S/C28H29F3N8O3/c29-28(30,31)42-24-14-8-21(9-15-24)34-27(41)39(23-12-10-22(11-13-23)38-16-2-1-3-17-38)18-19-4-6-20(7-5-19)25(40)35-26(32)36-37-33/h4-15H,1-3,16-18H2,(H,34,41)(H4,32,33,35,36,40). The van der Waals surface area contributed by atoms with E-state index < -0.39 is 24.1 Å². The van der Waals surface area contributed by atoms with Gasteiger partial charge in [0, 0.05) is 35.7 Å². The average Bonchev–Trinajstić information content (AvgIpc) is 2.97. The molecule has 42 heavy (non-hydrogen) atoms. The van der Waals surface area contributed by atoms with Gasteiger partial charge in [-0.25, -0.2) is 4.79 Å². The Morgan fingerprint density at radius 1 is 0.952 bits per heavy atom. The number of hydrogen-bond donors (Lipinski definition) is 4. The van der Waals surface area contributed by atoms with E-state index in [1.165, 1.54) is 23.5 Å². The molecule has 0 radical (unpaired) electrons. The number of hydrogen-bond acceptors (Lipinski definition) is 6. The molecule has 5 N–H and O–H groups in total. The number of carbonyl (C=O) groups excluding carboxylic acids is 2. The molecular formula is C28H29F3N8O3. The highest BCUT2D eigenvalue weighted by atomic mass is 19.4. The summed E-state index contributed by atoms with van der Waals surface area (Å²) in [5.74, 6) is -1.28. The molecule has 3 aromatic carbocycles. The number of ether oxygens (including phenoxy) is 1. The number of amides is 3. The monoisotopic (exact) mass is 582 g/mol. The van der Waals surface area contributed by atoms with Crippen LogP contribution in [0.1, 0.15) is 35.2 Å². The molecule has 220 valence electrons. The zero-order valence-electron chi connectivity index (χ0n) is 22.4. The van der Waals surface area contributed by atoms with Crippen molar-refractivity contribution in [2.75, 3.05) is 28.2 Å². The normalized spacial score (nSPS) is 13.7. The van der Waals surface area contributed by atoms with Crippen LogP contribution in [-0.2, 0) is 6.54 Å². The van der Waals surface area contributed by atoms with E-state index in [4.69, 9.17) is 11.3 Å². The van der Waals surface area contributed by atoms with Crippen molar-refractivity contribution in [2.24, 2.45) is 16.1 Å². The summed E-state index contributed by atoms with van der Waals surface area (Å²) in [7, 11) is 0. The number of piperidine rings is 1. The molecule has 1 aliphatic rings. The van der Waals surface area contributed by atoms with Gasteiger partial charge in [-0.05, 0) is 90.7 Å². The minimum absolute atomic E-state index is 0.118. The SMILES string of the molecule is N=NN=C(N)NC(=O)c1ccc(CN(C(=O)Nc2ccc(OC(F)(F)F)cc2)c2ccc(N3CCCCC3)cc2)cc1. The molecule has 0 saturated carbocycles. The zero-order valence-corrected chi connectivity index (χ0v) is 22.4. The van der Waals surface area contributed by atoms with Gasteiger partial charge in [0.1, 0.15) is 5.75 Å². The van der Waals surface area contributed by atoms with Gasteiger partial charge in [-0.2, -0.15) is 5.53 Å². The van der Waals surface area contributed by atoms with Crippen molar-refractivity contribution >= 4 is 35.0 Å². The van der Waals surface area contributed by atoms with Crippen LogP contribution in [0.3, 0.4) is 0 Å². The predicted molar refractivity (Wildman–Crippen MR) is 152 cm³/mol. The summed E-state index contributed by atoms with van der Waals surface area (Å²) in [6.07, 6.45) is -1.38. The number of anilines is 3. The third-order valence-corrected chi connectivity index (χ3v) is 6.42. The van der Waals surface area contributed by atoms with E-state index in [9.17, 15) is 22.8 Å². The second-order valence-corrected chi connectivity index (χ2v) is 9.39. The number of benzene rings is 3. The van der Waals surface area contributed by atoms with Crippen LogP contribution >= 0.6 is 0 Å². The fourth-order valence-corrected chi connectivity index (χ4v) is 4.42. The van der Waals surface area contributed by atoms with Crippen LogP contribution in [0.5, 0.6) is 5.75 Å². The topological polar surface area (TPSA) is 148 Å². The lowest BCUT2D eigenvalue weighted by Gasteiger charge is -2.29. The van der Waals surface area contributed by atoms with Crippen molar-refractivity contribution in [2.45, 2.75) is 32.2 Å². The molecule has 1 saturated heterocycles. The van der Waals surface area contributed by atoms with Gasteiger partial charge >= 0.3 is 12.4 Å². The molecule has 3 amide bonds. The van der Waals surface area contributed by atoms with E-state index >= 15 is 0 Å². The molecule has 0 spiro atoms. The summed E-state index contributed by atoms with van der Waals surface area (Å²) in [5, 5.41) is 11.0. The molecule has 1 aliphatic heterocycles. The van der Waals surface area contributed by atoms with E-state index in [0.29, 0.717) is 11.3 Å². The molecule has 11 nitrogen and oxygen atoms in total. The van der Waals surface area contributed by atoms with Gasteiger partial charge in [-0.15, -0.1) is 13.2 Å². The van der Waals surface area contributed by atoms with Crippen LogP contribution in [0.2, 0.25) is 0 Å². The van der Waals surface area contributed by atoms with Crippen molar-refractivity contribution in [3.05, 3.63) is 83.9 Å². The van der Waals surface area contributed by atoms with Crippen molar-refractivity contribution in [3.63, 3.8) is 0 Å². The molecule has 1 fully saturated rings. The van der Waals surface area contributed by atoms with Crippen molar-refractivity contribution in [1.82, 2.24) is 5.32 Å². The molecule has 3 aromatic rings. The summed E-state index contributed by atoms with van der Waals surface area (Å²) in [5.41, 5.74) is 15.0. The molecular weight excluding hydrogens is 553 g/mol. The van der Waals surface area contributed by atoms with Gasteiger partial charge in [0.25, 0.3) is 5.91 Å². The van der Waals surface area contributed by atoms with Gasteiger partial charge in [0.2, 0.25) is 5.96 Å². The van der Waals surface area contributed by atoms with Crippen LogP contribution < -0.4 is 30.9 Å². The molecule has 14 heteroatoms. The average molecular weight is 583 g/mol. The Hall–Kier alpha value is -5.14. The largest absolute Gasteiger partial charge is 0.573 e. The van der Waals surface area contributed by atoms with Crippen molar-refractivity contribution in [1.29, 1.82) is 5.53 Å². The third kappa shape index (κ3) is 8.43. The minimum Gasteiger partial charge on any atom is -0.406 e. The summed E-state index contributed by atoms with van der Waals surface area (Å²) in [4.78, 5) is 29.6. The van der Waals surface area contributed by atoms with Gasteiger partial charge in [-0.3, -0.25) is 15.0 Å². The van der Waals surface area contributed by atoms with Crippen molar-refractivity contribution < 1.29 is 27.5 Å². The number of halogens is 3. The Labute approximate surface area is 239 Å². The molecule has 0 unspecified atom stereocenters. The molecule has 0 atom stereocenters. The Bertz CT molecular complexity index is 1410. The molecule has 1 heterocycles. The number of nitrogens with two attached hydrogens (primary N) is 1. The van der Waals surface area contributed by atoms with Gasteiger partial charge in [0.15, 0.2) is 0 Å². The summed E-state index contributed by atoms with van der Waals surface area (Å²) in [6, 6.07) is 18.3. The van der Waals surface area contributed by atoms with Crippen LogP contribution in [-0.4, -0.2) is 37.3 Å². The fourth-order valence-electron chi connectivity index (χ4n) is 4.42. The highest BCUT2D eigenvalue weighted by Gasteiger charge is 2.31. The summed E-state index contributed by atoms with van der Waals surface area (Å²) in [6.45, 7) is 2.05. The number of carbonyl (C=O) groups is 2. The maximum absolute atomic E-state index is 13.5. The highest BCUT2D eigenvalue weighted by Crippen LogP contribution is 2.27. The summed E-state index contributed by atoms with van der Waals surface area (Å²) < 4.78 is 41.4. The second-order valence-electron chi connectivity index (χ2n) is 9.39. The number of nitrogens with one attached hydrogen (secondary N) is 3. The predicted octanol–water partition coefficient (Wildman–Crippen LogP) is 5.80. The smallest absolute Gasteiger partial charge is 0.406 e. The second kappa shape index (κ2) is 13.5. The lowest BCUT2D eigenvalue weighted by molar-refractivity contribution is -0.274. The molecule has 0 aliphatic carbocycles. The number of urea groups is 1. The van der Waals surface area contributed by atoms with Crippen LogP contribution in [0.15, 0.2) is 83.1 Å². The Kier molecular flexibility index (Phi) is 9.57.